The molecule has 0 aliphatic heterocycles. The Hall–Kier alpha value is -1.14. The van der Waals surface area contributed by atoms with Gasteiger partial charge >= 0.3 is 0 Å². The Bertz CT molecular complexity index is 528. The van der Waals surface area contributed by atoms with E-state index >= 15 is 0 Å². The minimum atomic E-state index is -0.941. The van der Waals surface area contributed by atoms with Crippen molar-refractivity contribution in [2.24, 2.45) is 0 Å². The average molecular weight is 309 g/mol. The Morgan fingerprint density at radius 3 is 2.67 bits per heavy atom. The molecule has 0 aromatic carbocycles. The third kappa shape index (κ3) is 4.97. The first-order valence-electron chi connectivity index (χ1n) is 7.04. The average Bonchev–Trinajstić information content (AvgIpc) is 3.06. The molecule has 2 aromatic heterocycles. The molecule has 0 saturated carbocycles. The zero-order valence-electron chi connectivity index (χ0n) is 12.8. The number of thiophene rings is 1. The number of aliphatic hydroxyl groups is 1. The van der Waals surface area contributed by atoms with E-state index in [0.717, 1.165) is 18.8 Å². The van der Waals surface area contributed by atoms with Crippen molar-refractivity contribution in [2.75, 3.05) is 20.3 Å². The van der Waals surface area contributed by atoms with E-state index in [1.54, 1.807) is 32.3 Å². The van der Waals surface area contributed by atoms with Gasteiger partial charge in [-0.3, -0.25) is 4.90 Å². The first-order chi connectivity index (χ1) is 9.99. The van der Waals surface area contributed by atoms with Crippen LogP contribution in [0.5, 0.6) is 0 Å². The van der Waals surface area contributed by atoms with Gasteiger partial charge in [-0.25, -0.2) is 0 Å². The lowest BCUT2D eigenvalue weighted by Crippen LogP contribution is -2.26. The SMILES string of the molecule is COCCN(Cc1ccc(C(C)(C)O)o1)Cc1cccs1. The fourth-order valence-corrected chi connectivity index (χ4v) is 2.82. The van der Waals surface area contributed by atoms with Crippen molar-refractivity contribution in [3.8, 4) is 0 Å². The van der Waals surface area contributed by atoms with E-state index < -0.39 is 5.60 Å². The minimum absolute atomic E-state index is 0.598. The van der Waals surface area contributed by atoms with Crippen LogP contribution in [0.25, 0.3) is 0 Å². The predicted octanol–water partition coefficient (Wildman–Crippen LogP) is 3.22. The molecule has 0 unspecified atom stereocenters. The second-order valence-corrected chi connectivity index (χ2v) is 6.64. The Morgan fingerprint density at radius 1 is 1.29 bits per heavy atom. The summed E-state index contributed by atoms with van der Waals surface area (Å²) >= 11 is 1.75. The smallest absolute Gasteiger partial charge is 0.135 e. The maximum Gasteiger partial charge on any atom is 0.135 e. The van der Waals surface area contributed by atoms with Gasteiger partial charge in [-0.1, -0.05) is 6.07 Å². The molecule has 4 nitrogen and oxygen atoms in total. The van der Waals surface area contributed by atoms with Crippen LogP contribution in [0.2, 0.25) is 0 Å². The maximum absolute atomic E-state index is 9.96. The van der Waals surface area contributed by atoms with Gasteiger partial charge in [-0.05, 0) is 37.4 Å². The lowest BCUT2D eigenvalue weighted by molar-refractivity contribution is 0.0511. The van der Waals surface area contributed by atoms with Crippen molar-refractivity contribution >= 4 is 11.3 Å². The van der Waals surface area contributed by atoms with E-state index in [0.29, 0.717) is 18.9 Å². The van der Waals surface area contributed by atoms with E-state index in [4.69, 9.17) is 9.15 Å². The standard InChI is InChI=1S/C16H23NO3S/c1-16(2,18)15-7-6-13(20-15)11-17(8-9-19-3)12-14-5-4-10-21-14/h4-7,10,18H,8-9,11-12H2,1-3H3. The molecule has 0 atom stereocenters. The zero-order chi connectivity index (χ0) is 15.3. The van der Waals surface area contributed by atoms with Crippen molar-refractivity contribution in [1.29, 1.82) is 0 Å². The largest absolute Gasteiger partial charge is 0.462 e. The molecule has 0 aliphatic carbocycles. The van der Waals surface area contributed by atoms with Gasteiger partial charge < -0.3 is 14.3 Å². The van der Waals surface area contributed by atoms with Crippen LogP contribution in [0, 0.1) is 0 Å². The third-order valence-electron chi connectivity index (χ3n) is 3.22. The fraction of sp³-hybridized carbons (Fsp3) is 0.500. The summed E-state index contributed by atoms with van der Waals surface area (Å²) in [6.07, 6.45) is 0. The summed E-state index contributed by atoms with van der Waals surface area (Å²) in [5.74, 6) is 1.46. The van der Waals surface area contributed by atoms with Crippen molar-refractivity contribution in [3.05, 3.63) is 46.0 Å². The van der Waals surface area contributed by atoms with Gasteiger partial charge in [0.25, 0.3) is 0 Å². The predicted molar refractivity (Wildman–Crippen MR) is 84.3 cm³/mol. The highest BCUT2D eigenvalue weighted by atomic mass is 32.1. The molecule has 0 spiro atoms. The summed E-state index contributed by atoms with van der Waals surface area (Å²) in [5, 5.41) is 12.0. The molecule has 0 radical (unpaired) electrons. The lowest BCUT2D eigenvalue weighted by Gasteiger charge is -2.20. The van der Waals surface area contributed by atoms with Gasteiger partial charge in [0.1, 0.15) is 17.1 Å². The van der Waals surface area contributed by atoms with Gasteiger partial charge in [-0.15, -0.1) is 11.3 Å². The molecule has 21 heavy (non-hydrogen) atoms. The minimum Gasteiger partial charge on any atom is -0.462 e. The van der Waals surface area contributed by atoms with Crippen LogP contribution in [0.3, 0.4) is 0 Å². The number of hydrogen-bond acceptors (Lipinski definition) is 5. The first-order valence-corrected chi connectivity index (χ1v) is 7.92. The van der Waals surface area contributed by atoms with Crippen molar-refractivity contribution < 1.29 is 14.3 Å². The number of rotatable bonds is 8. The van der Waals surface area contributed by atoms with Gasteiger partial charge in [0.15, 0.2) is 0 Å². The molecule has 1 N–H and O–H groups in total. The van der Waals surface area contributed by atoms with Crippen molar-refractivity contribution in [3.63, 3.8) is 0 Å². The van der Waals surface area contributed by atoms with Crippen LogP contribution in [-0.2, 0) is 23.4 Å². The van der Waals surface area contributed by atoms with Crippen molar-refractivity contribution in [2.45, 2.75) is 32.5 Å². The van der Waals surface area contributed by atoms with E-state index in [1.807, 2.05) is 12.1 Å². The summed E-state index contributed by atoms with van der Waals surface area (Å²) in [5.41, 5.74) is -0.941. The van der Waals surface area contributed by atoms with Gasteiger partial charge in [-0.2, -0.15) is 0 Å². The van der Waals surface area contributed by atoms with E-state index in [9.17, 15) is 5.11 Å². The molecule has 5 heteroatoms. The summed E-state index contributed by atoms with van der Waals surface area (Å²) in [4.78, 5) is 3.60. The molecule has 116 valence electrons. The maximum atomic E-state index is 9.96. The molecule has 0 fully saturated rings. The topological polar surface area (TPSA) is 45.8 Å². The molecular formula is C16H23NO3S. The molecular weight excluding hydrogens is 286 g/mol. The van der Waals surface area contributed by atoms with Gasteiger partial charge in [0.2, 0.25) is 0 Å². The van der Waals surface area contributed by atoms with Crippen LogP contribution in [0.1, 0.15) is 30.2 Å². The second-order valence-electron chi connectivity index (χ2n) is 5.61. The molecule has 0 bridgehead atoms. The lowest BCUT2D eigenvalue weighted by atomic mass is 10.1. The van der Waals surface area contributed by atoms with Crippen LogP contribution in [-0.4, -0.2) is 30.3 Å². The number of hydrogen-bond donors (Lipinski definition) is 1. The third-order valence-corrected chi connectivity index (χ3v) is 4.08. The summed E-state index contributed by atoms with van der Waals surface area (Å²) < 4.78 is 10.9. The Kier molecular flexibility index (Phi) is 5.58. The highest BCUT2D eigenvalue weighted by molar-refractivity contribution is 7.09. The molecule has 2 rings (SSSR count). The van der Waals surface area contributed by atoms with E-state index in [1.165, 1.54) is 4.88 Å². The molecule has 0 aliphatic rings. The van der Waals surface area contributed by atoms with Crippen LogP contribution in [0.15, 0.2) is 34.1 Å². The number of furan rings is 1. The Balaban J connectivity index is 2.02. The van der Waals surface area contributed by atoms with E-state index in [-0.39, 0.29) is 0 Å². The first kappa shape index (κ1) is 16.2. The Morgan fingerprint density at radius 2 is 2.10 bits per heavy atom. The normalized spacial score (nSPS) is 12.2. The molecule has 0 amide bonds. The quantitative estimate of drug-likeness (QED) is 0.813. The zero-order valence-corrected chi connectivity index (χ0v) is 13.7. The second kappa shape index (κ2) is 7.22. The summed E-state index contributed by atoms with van der Waals surface area (Å²) in [7, 11) is 1.71. The highest BCUT2D eigenvalue weighted by Gasteiger charge is 2.21. The van der Waals surface area contributed by atoms with E-state index in [2.05, 4.69) is 22.4 Å². The molecule has 2 aromatic rings. The highest BCUT2D eigenvalue weighted by Crippen LogP contribution is 2.23. The number of ether oxygens (including phenoxy) is 1. The van der Waals surface area contributed by atoms with Gasteiger partial charge in [0.05, 0.1) is 13.2 Å². The summed E-state index contributed by atoms with van der Waals surface area (Å²) in [6.45, 7) is 6.56. The number of methoxy groups -OCH3 is 1. The van der Waals surface area contributed by atoms with Crippen LogP contribution >= 0.6 is 11.3 Å². The fourth-order valence-electron chi connectivity index (χ4n) is 2.07. The van der Waals surface area contributed by atoms with Gasteiger partial charge in [0, 0.05) is 25.1 Å². The Labute approximate surface area is 130 Å². The monoisotopic (exact) mass is 309 g/mol. The number of nitrogens with zero attached hydrogens (tertiary/aromatic N) is 1. The molecule has 0 saturated heterocycles. The molecule has 2 heterocycles. The van der Waals surface area contributed by atoms with Crippen LogP contribution in [0.4, 0.5) is 0 Å². The summed E-state index contributed by atoms with van der Waals surface area (Å²) in [6, 6.07) is 7.97. The van der Waals surface area contributed by atoms with Crippen LogP contribution < -0.4 is 0 Å². The van der Waals surface area contributed by atoms with Crippen molar-refractivity contribution in [1.82, 2.24) is 4.90 Å².